The molecule has 1 aromatic carbocycles. The van der Waals surface area contributed by atoms with Crippen LogP contribution in [0.4, 0.5) is 0 Å². The van der Waals surface area contributed by atoms with Crippen molar-refractivity contribution >= 4 is 5.91 Å². The molecule has 0 unspecified atom stereocenters. The van der Waals surface area contributed by atoms with Gasteiger partial charge in [0.05, 0.1) is 0 Å². The van der Waals surface area contributed by atoms with Crippen molar-refractivity contribution in [3.8, 4) is 5.75 Å². The number of amides is 1. The fourth-order valence-corrected chi connectivity index (χ4v) is 2.01. The maximum atomic E-state index is 11.9. The summed E-state index contributed by atoms with van der Waals surface area (Å²) in [7, 11) is 0. The van der Waals surface area contributed by atoms with Gasteiger partial charge in [-0.2, -0.15) is 0 Å². The first kappa shape index (κ1) is 12.9. The summed E-state index contributed by atoms with van der Waals surface area (Å²) >= 11 is 0. The Kier molecular flexibility index (Phi) is 4.59. The van der Waals surface area contributed by atoms with Crippen LogP contribution < -0.4 is 10.1 Å². The molecule has 18 heavy (non-hydrogen) atoms. The summed E-state index contributed by atoms with van der Waals surface area (Å²) in [5, 5.41) is 3.22. The molecule has 1 aliphatic rings. The van der Waals surface area contributed by atoms with E-state index in [1.807, 2.05) is 23.1 Å². The standard InChI is InChI=1S/C14H20N2O2/c1-2-12-4-3-5-13(10-12)18-11-14(17)16-8-6-15-7-9-16/h3-5,10,15H,2,6-9,11H2,1H3. The molecule has 1 fully saturated rings. The third-order valence-corrected chi connectivity index (χ3v) is 3.14. The summed E-state index contributed by atoms with van der Waals surface area (Å²) in [6.07, 6.45) is 0.975. The fraction of sp³-hybridized carbons (Fsp3) is 0.500. The molecule has 0 radical (unpaired) electrons. The van der Waals surface area contributed by atoms with Crippen molar-refractivity contribution in [3.63, 3.8) is 0 Å². The van der Waals surface area contributed by atoms with Crippen molar-refractivity contribution in [1.82, 2.24) is 10.2 Å². The van der Waals surface area contributed by atoms with Gasteiger partial charge in [0.25, 0.3) is 5.91 Å². The zero-order valence-electron chi connectivity index (χ0n) is 10.8. The third-order valence-electron chi connectivity index (χ3n) is 3.14. The topological polar surface area (TPSA) is 41.6 Å². The lowest BCUT2D eigenvalue weighted by molar-refractivity contribution is -0.133. The summed E-state index contributed by atoms with van der Waals surface area (Å²) in [5.74, 6) is 0.844. The van der Waals surface area contributed by atoms with Crippen molar-refractivity contribution in [3.05, 3.63) is 29.8 Å². The van der Waals surface area contributed by atoms with Gasteiger partial charge >= 0.3 is 0 Å². The molecule has 4 nitrogen and oxygen atoms in total. The normalized spacial score (nSPS) is 15.5. The molecule has 0 aliphatic carbocycles. The smallest absolute Gasteiger partial charge is 0.260 e. The molecule has 4 heteroatoms. The first-order chi connectivity index (χ1) is 8.79. The van der Waals surface area contributed by atoms with Crippen molar-refractivity contribution in [2.45, 2.75) is 13.3 Å². The first-order valence-electron chi connectivity index (χ1n) is 6.50. The zero-order valence-corrected chi connectivity index (χ0v) is 10.8. The van der Waals surface area contributed by atoms with Crippen LogP contribution in [0.1, 0.15) is 12.5 Å². The maximum absolute atomic E-state index is 11.9. The molecular formula is C14H20N2O2. The molecule has 1 N–H and O–H groups in total. The highest BCUT2D eigenvalue weighted by molar-refractivity contribution is 5.77. The van der Waals surface area contributed by atoms with E-state index >= 15 is 0 Å². The van der Waals surface area contributed by atoms with Gasteiger partial charge in [0, 0.05) is 26.2 Å². The van der Waals surface area contributed by atoms with Gasteiger partial charge in [0.15, 0.2) is 6.61 Å². The van der Waals surface area contributed by atoms with Crippen LogP contribution in [-0.4, -0.2) is 43.6 Å². The van der Waals surface area contributed by atoms with Crippen LogP contribution in [0.5, 0.6) is 5.75 Å². The predicted octanol–water partition coefficient (Wildman–Crippen LogP) is 1.06. The number of piperazine rings is 1. The second-order valence-corrected chi connectivity index (χ2v) is 4.42. The van der Waals surface area contributed by atoms with Crippen LogP contribution in [0, 0.1) is 0 Å². The Morgan fingerprint density at radius 1 is 1.39 bits per heavy atom. The molecule has 0 spiro atoms. The van der Waals surface area contributed by atoms with Crippen LogP contribution in [0.3, 0.4) is 0 Å². The molecule has 0 saturated carbocycles. The molecule has 1 saturated heterocycles. The number of ether oxygens (including phenoxy) is 1. The lowest BCUT2D eigenvalue weighted by Gasteiger charge is -2.27. The van der Waals surface area contributed by atoms with E-state index in [0.29, 0.717) is 0 Å². The van der Waals surface area contributed by atoms with Gasteiger partial charge in [-0.1, -0.05) is 19.1 Å². The number of hydrogen-bond donors (Lipinski definition) is 1. The Hall–Kier alpha value is -1.55. The highest BCUT2D eigenvalue weighted by Crippen LogP contribution is 2.13. The summed E-state index contributed by atoms with van der Waals surface area (Å²) in [4.78, 5) is 13.7. The van der Waals surface area contributed by atoms with E-state index in [0.717, 1.165) is 38.3 Å². The average Bonchev–Trinajstić information content (AvgIpc) is 2.46. The minimum Gasteiger partial charge on any atom is -0.484 e. The fourth-order valence-electron chi connectivity index (χ4n) is 2.01. The molecule has 1 aliphatic heterocycles. The van der Waals surface area contributed by atoms with Gasteiger partial charge in [-0.3, -0.25) is 4.79 Å². The van der Waals surface area contributed by atoms with Crippen LogP contribution in [0.25, 0.3) is 0 Å². The van der Waals surface area contributed by atoms with Crippen molar-refractivity contribution in [2.24, 2.45) is 0 Å². The SMILES string of the molecule is CCc1cccc(OCC(=O)N2CCNCC2)c1. The quantitative estimate of drug-likeness (QED) is 0.866. The van der Waals surface area contributed by atoms with E-state index in [-0.39, 0.29) is 12.5 Å². The summed E-state index contributed by atoms with van der Waals surface area (Å²) in [6, 6.07) is 7.91. The summed E-state index contributed by atoms with van der Waals surface area (Å²) in [6.45, 7) is 5.53. The largest absolute Gasteiger partial charge is 0.484 e. The maximum Gasteiger partial charge on any atom is 0.260 e. The van der Waals surface area contributed by atoms with Crippen molar-refractivity contribution < 1.29 is 9.53 Å². The Morgan fingerprint density at radius 3 is 2.89 bits per heavy atom. The second-order valence-electron chi connectivity index (χ2n) is 4.42. The predicted molar refractivity (Wildman–Crippen MR) is 70.8 cm³/mol. The van der Waals surface area contributed by atoms with E-state index in [1.165, 1.54) is 5.56 Å². The Labute approximate surface area is 108 Å². The number of aryl methyl sites for hydroxylation is 1. The number of carbonyl (C=O) groups is 1. The summed E-state index contributed by atoms with van der Waals surface area (Å²) < 4.78 is 5.55. The van der Waals surface area contributed by atoms with Crippen molar-refractivity contribution in [1.29, 1.82) is 0 Å². The van der Waals surface area contributed by atoms with Gasteiger partial charge in [-0.05, 0) is 24.1 Å². The Morgan fingerprint density at radius 2 is 2.17 bits per heavy atom. The van der Waals surface area contributed by atoms with Crippen LogP contribution in [0.15, 0.2) is 24.3 Å². The van der Waals surface area contributed by atoms with E-state index < -0.39 is 0 Å². The molecule has 0 bridgehead atoms. The molecule has 1 heterocycles. The molecule has 2 rings (SSSR count). The molecule has 1 amide bonds. The van der Waals surface area contributed by atoms with E-state index in [4.69, 9.17) is 4.74 Å². The average molecular weight is 248 g/mol. The van der Waals surface area contributed by atoms with Gasteiger partial charge < -0.3 is 15.0 Å². The number of nitrogens with one attached hydrogen (secondary N) is 1. The van der Waals surface area contributed by atoms with Crippen LogP contribution in [-0.2, 0) is 11.2 Å². The number of nitrogens with zero attached hydrogens (tertiary/aromatic N) is 1. The monoisotopic (exact) mass is 248 g/mol. The van der Waals surface area contributed by atoms with Crippen LogP contribution >= 0.6 is 0 Å². The lowest BCUT2D eigenvalue weighted by Crippen LogP contribution is -2.47. The third kappa shape index (κ3) is 3.47. The molecule has 1 aromatic rings. The van der Waals surface area contributed by atoms with Gasteiger partial charge in [0.1, 0.15) is 5.75 Å². The van der Waals surface area contributed by atoms with E-state index in [2.05, 4.69) is 18.3 Å². The van der Waals surface area contributed by atoms with E-state index in [1.54, 1.807) is 0 Å². The Bertz CT molecular complexity index is 401. The minimum absolute atomic E-state index is 0.0680. The number of benzene rings is 1. The second kappa shape index (κ2) is 6.40. The molecule has 0 atom stereocenters. The van der Waals surface area contributed by atoms with Gasteiger partial charge in [0.2, 0.25) is 0 Å². The zero-order chi connectivity index (χ0) is 12.8. The summed E-state index contributed by atoms with van der Waals surface area (Å²) in [5.41, 5.74) is 1.22. The highest BCUT2D eigenvalue weighted by Gasteiger charge is 2.16. The molecule has 0 aromatic heterocycles. The van der Waals surface area contributed by atoms with Gasteiger partial charge in [-0.15, -0.1) is 0 Å². The van der Waals surface area contributed by atoms with Crippen molar-refractivity contribution in [2.75, 3.05) is 32.8 Å². The highest BCUT2D eigenvalue weighted by atomic mass is 16.5. The number of rotatable bonds is 4. The molecule has 98 valence electrons. The first-order valence-corrected chi connectivity index (χ1v) is 6.50. The molecular weight excluding hydrogens is 228 g/mol. The Balaban J connectivity index is 1.84. The van der Waals surface area contributed by atoms with Crippen LogP contribution in [0.2, 0.25) is 0 Å². The van der Waals surface area contributed by atoms with E-state index in [9.17, 15) is 4.79 Å². The lowest BCUT2D eigenvalue weighted by atomic mass is 10.2. The minimum atomic E-state index is 0.0680. The van der Waals surface area contributed by atoms with Gasteiger partial charge in [-0.25, -0.2) is 0 Å². The number of hydrogen-bond acceptors (Lipinski definition) is 3. The number of carbonyl (C=O) groups excluding carboxylic acids is 1.